The van der Waals surface area contributed by atoms with Gasteiger partial charge in [-0.15, -0.1) is 0 Å². The van der Waals surface area contributed by atoms with Gasteiger partial charge < -0.3 is 87.6 Å². The highest BCUT2D eigenvalue weighted by Crippen LogP contribution is 2.39. The minimum Gasteiger partial charge on any atom is -0.394 e. The average Bonchev–Trinajstić information content (AvgIpc) is 3.59. The Morgan fingerprint density at radius 2 is 1.73 bits per heavy atom. The number of carbonyl (C=O) groups is 1. The first-order chi connectivity index (χ1) is 20.6. The Morgan fingerprint density at radius 1 is 1.07 bits per heavy atom. The lowest BCUT2D eigenvalue weighted by Crippen LogP contribution is -2.71. The highest BCUT2D eigenvalue weighted by molar-refractivity contribution is 5.89. The predicted octanol–water partition coefficient (Wildman–Crippen LogP) is -8.12. The first-order valence-electron chi connectivity index (χ1n) is 14.8. The molecule has 0 spiro atoms. The molecule has 17 atom stereocenters. The van der Waals surface area contributed by atoms with Gasteiger partial charge in [0.05, 0.1) is 49.7 Å². The van der Waals surface area contributed by atoms with Crippen molar-refractivity contribution in [2.75, 3.05) is 33.4 Å². The number of rotatable bonds is 11. The molecule has 2 saturated heterocycles. The van der Waals surface area contributed by atoms with Gasteiger partial charge in [-0.3, -0.25) is 4.79 Å². The molecule has 256 valence electrons. The topological polar surface area (TPSA) is 315 Å². The average molecular weight is 640 g/mol. The van der Waals surface area contributed by atoms with Gasteiger partial charge in [-0.25, -0.2) is 0 Å². The van der Waals surface area contributed by atoms with Crippen LogP contribution in [-0.4, -0.2) is 182 Å². The molecule has 18 heteroatoms. The Kier molecular flexibility index (Phi) is 11.3. The van der Waals surface area contributed by atoms with Crippen LogP contribution in [0.4, 0.5) is 0 Å². The molecule has 17 unspecified atom stereocenters. The third-order valence-electron chi connectivity index (χ3n) is 9.34. The maximum Gasteiger partial charge on any atom is 0.253 e. The van der Waals surface area contributed by atoms with E-state index in [-0.39, 0.29) is 32.5 Å². The van der Waals surface area contributed by atoms with E-state index >= 15 is 0 Å². The molecule has 0 bridgehead atoms. The second-order valence-electron chi connectivity index (χ2n) is 12.8. The van der Waals surface area contributed by atoms with Gasteiger partial charge in [-0.05, 0) is 20.4 Å². The Morgan fingerprint density at radius 3 is 2.32 bits per heavy atom. The van der Waals surface area contributed by atoms with Crippen LogP contribution in [0.2, 0.25) is 0 Å². The fraction of sp³-hybridized carbons (Fsp3) is 0.962. The molecule has 2 saturated carbocycles. The summed E-state index contributed by atoms with van der Waals surface area (Å²) in [4.78, 5) is 12.9. The van der Waals surface area contributed by atoms with Crippen LogP contribution in [0.15, 0.2) is 0 Å². The summed E-state index contributed by atoms with van der Waals surface area (Å²) in [6.07, 6.45) is -14.5. The van der Waals surface area contributed by atoms with Gasteiger partial charge in [-0.1, -0.05) is 0 Å². The maximum absolute atomic E-state index is 12.9. The monoisotopic (exact) mass is 639 g/mol. The number of aliphatic hydroxyl groups excluding tert-OH is 7. The van der Waals surface area contributed by atoms with Crippen molar-refractivity contribution < 1.29 is 65.0 Å². The summed E-state index contributed by atoms with van der Waals surface area (Å²) >= 11 is 0. The van der Waals surface area contributed by atoms with Crippen molar-refractivity contribution in [2.45, 2.75) is 116 Å². The van der Waals surface area contributed by atoms with E-state index in [2.05, 4.69) is 16.0 Å². The van der Waals surface area contributed by atoms with Crippen molar-refractivity contribution in [1.82, 2.24) is 16.0 Å². The molecule has 0 aromatic carbocycles. The first kappa shape index (κ1) is 35.7. The number of amides is 1. The van der Waals surface area contributed by atoms with Crippen molar-refractivity contribution in [1.29, 1.82) is 0 Å². The lowest BCUT2D eigenvalue weighted by molar-refractivity contribution is -0.303. The van der Waals surface area contributed by atoms with E-state index in [1.54, 1.807) is 0 Å². The lowest BCUT2D eigenvalue weighted by atomic mass is 9.72. The van der Waals surface area contributed by atoms with Gasteiger partial charge >= 0.3 is 0 Å². The molecule has 4 rings (SSSR count). The third kappa shape index (κ3) is 7.05. The molecule has 2 aliphatic heterocycles. The second kappa shape index (κ2) is 13.9. The van der Waals surface area contributed by atoms with E-state index in [0.717, 1.165) is 0 Å². The van der Waals surface area contributed by atoms with Gasteiger partial charge in [0.1, 0.15) is 36.1 Å². The number of aliphatic hydroxyl groups is 9. The summed E-state index contributed by atoms with van der Waals surface area (Å²) in [5, 5.41) is 103. The van der Waals surface area contributed by atoms with Gasteiger partial charge in [0, 0.05) is 37.5 Å². The quantitative estimate of drug-likeness (QED) is 0.0998. The van der Waals surface area contributed by atoms with Gasteiger partial charge in [0.2, 0.25) is 0 Å². The number of hydrogen-bond acceptors (Lipinski definition) is 17. The SMILES string of the molecule is CNC1C(O)C(OC2C(NC(=O)C3(O)CC3N)CC(N)C(C3OC(CNCC(O)CO)C(O)C(O)C3O)C2O)OCC1(C)O. The third-order valence-corrected chi connectivity index (χ3v) is 9.34. The summed E-state index contributed by atoms with van der Waals surface area (Å²) in [6.45, 7) is 0.517. The van der Waals surface area contributed by atoms with E-state index in [1.807, 2.05) is 0 Å². The molecule has 16 N–H and O–H groups in total. The fourth-order valence-corrected chi connectivity index (χ4v) is 6.52. The van der Waals surface area contributed by atoms with Crippen LogP contribution in [0.1, 0.15) is 19.8 Å². The molecular weight excluding hydrogens is 590 g/mol. The smallest absolute Gasteiger partial charge is 0.253 e. The van der Waals surface area contributed by atoms with E-state index in [4.69, 9.17) is 30.8 Å². The van der Waals surface area contributed by atoms with E-state index < -0.39 is 115 Å². The van der Waals surface area contributed by atoms with Crippen molar-refractivity contribution in [2.24, 2.45) is 17.4 Å². The molecule has 0 radical (unpaired) electrons. The Balaban J connectivity index is 1.58. The van der Waals surface area contributed by atoms with E-state index in [1.165, 1.54) is 14.0 Å². The highest BCUT2D eigenvalue weighted by Gasteiger charge is 2.60. The molecular formula is C26H49N5O13. The molecule has 44 heavy (non-hydrogen) atoms. The number of nitrogens with two attached hydrogens (primary N) is 2. The van der Waals surface area contributed by atoms with Gasteiger partial charge in [0.25, 0.3) is 5.91 Å². The number of ether oxygens (including phenoxy) is 3. The Bertz CT molecular complexity index is 985. The van der Waals surface area contributed by atoms with E-state index in [9.17, 15) is 45.6 Å². The van der Waals surface area contributed by atoms with Crippen LogP contribution in [0.25, 0.3) is 0 Å². The highest BCUT2D eigenvalue weighted by atomic mass is 16.7. The fourth-order valence-electron chi connectivity index (χ4n) is 6.52. The summed E-state index contributed by atoms with van der Waals surface area (Å²) in [6, 6.07) is -3.74. The first-order valence-corrected chi connectivity index (χ1v) is 14.8. The Labute approximate surface area is 254 Å². The molecule has 2 aliphatic carbocycles. The summed E-state index contributed by atoms with van der Waals surface area (Å²) < 4.78 is 17.6. The standard InChI is InChI=1S/C26H49N5O13/c1-25(40)8-42-23(19(38)22(25)29-2)44-20-11(31-24(39)26(41)4-13(26)28)3-10(27)14(16(20)35)21-18(37)17(36)15(34)12(43-21)6-30-5-9(33)7-32/h9-23,29-30,32-38,40-41H,3-8,27-28H2,1-2H3,(H,31,39). The van der Waals surface area contributed by atoms with Crippen LogP contribution in [0.5, 0.6) is 0 Å². The number of carbonyl (C=O) groups excluding carboxylic acids is 1. The zero-order valence-corrected chi connectivity index (χ0v) is 24.7. The molecule has 0 aromatic heterocycles. The number of likely N-dealkylation sites (N-methyl/N-ethyl adjacent to an activating group) is 1. The molecule has 4 aliphatic rings. The van der Waals surface area contributed by atoms with Crippen molar-refractivity contribution in [3.63, 3.8) is 0 Å². The summed E-state index contributed by atoms with van der Waals surface area (Å²) in [5.74, 6) is -1.97. The maximum atomic E-state index is 12.9. The molecule has 1 amide bonds. The second-order valence-corrected chi connectivity index (χ2v) is 12.8. The molecule has 0 aromatic rings. The Hall–Kier alpha value is -1.17. The van der Waals surface area contributed by atoms with Crippen molar-refractivity contribution in [3.8, 4) is 0 Å². The van der Waals surface area contributed by atoms with Crippen LogP contribution < -0.4 is 27.4 Å². The lowest BCUT2D eigenvalue weighted by Gasteiger charge is -2.52. The summed E-state index contributed by atoms with van der Waals surface area (Å²) in [5.41, 5.74) is 8.91. The number of hydrogen-bond donors (Lipinski definition) is 14. The van der Waals surface area contributed by atoms with Crippen LogP contribution in [0.3, 0.4) is 0 Å². The predicted molar refractivity (Wildman–Crippen MR) is 148 cm³/mol. The largest absolute Gasteiger partial charge is 0.394 e. The summed E-state index contributed by atoms with van der Waals surface area (Å²) in [7, 11) is 1.52. The van der Waals surface area contributed by atoms with Gasteiger partial charge in [0.15, 0.2) is 11.9 Å². The van der Waals surface area contributed by atoms with Crippen LogP contribution >= 0.6 is 0 Å². The normalized spacial score (nSPS) is 50.2. The minimum absolute atomic E-state index is 0.0186. The van der Waals surface area contributed by atoms with E-state index in [0.29, 0.717) is 0 Å². The van der Waals surface area contributed by atoms with Crippen LogP contribution in [-0.2, 0) is 19.0 Å². The van der Waals surface area contributed by atoms with Crippen LogP contribution in [0, 0.1) is 5.92 Å². The van der Waals surface area contributed by atoms with Gasteiger partial charge in [-0.2, -0.15) is 0 Å². The number of nitrogens with one attached hydrogen (secondary N) is 3. The molecule has 4 fully saturated rings. The van der Waals surface area contributed by atoms with Crippen molar-refractivity contribution >= 4 is 5.91 Å². The zero-order chi connectivity index (χ0) is 32.7. The zero-order valence-electron chi connectivity index (χ0n) is 24.7. The molecule has 2 heterocycles. The van der Waals surface area contributed by atoms with Crippen molar-refractivity contribution in [3.05, 3.63) is 0 Å². The molecule has 18 nitrogen and oxygen atoms in total. The minimum atomic E-state index is -1.82.